The van der Waals surface area contributed by atoms with Crippen molar-refractivity contribution >= 4 is 17.6 Å². The van der Waals surface area contributed by atoms with Crippen LogP contribution >= 0.6 is 0 Å². The summed E-state index contributed by atoms with van der Waals surface area (Å²) in [6.07, 6.45) is 6.74. The van der Waals surface area contributed by atoms with E-state index in [1.54, 1.807) is 14.2 Å². The number of Topliss-reactive ketones (excluding diaryl/α,β-unsaturated/α-hetero) is 1. The summed E-state index contributed by atoms with van der Waals surface area (Å²) in [4.78, 5) is 15.6. The number of ether oxygens (including phenoxy) is 4. The molecule has 0 saturated heterocycles. The molecule has 0 aromatic heterocycles. The average molecular weight is 434 g/mol. The number of benzene rings is 2. The summed E-state index contributed by atoms with van der Waals surface area (Å²) in [5.74, 6) is 3.35. The van der Waals surface area contributed by atoms with Gasteiger partial charge in [-0.1, -0.05) is 12.5 Å². The average Bonchev–Trinajstić information content (AvgIpc) is 3.28. The fourth-order valence-electron chi connectivity index (χ4n) is 5.86. The molecule has 0 bridgehead atoms. The Labute approximate surface area is 187 Å². The van der Waals surface area contributed by atoms with Crippen LogP contribution in [0, 0.1) is 5.92 Å². The lowest BCUT2D eigenvalue weighted by molar-refractivity contribution is -0.126. The van der Waals surface area contributed by atoms with Crippen LogP contribution in [0.5, 0.6) is 23.0 Å². The highest BCUT2D eigenvalue weighted by atomic mass is 16.7. The first-order valence-electron chi connectivity index (χ1n) is 11.4. The van der Waals surface area contributed by atoms with Crippen LogP contribution in [0.25, 0.3) is 11.8 Å². The van der Waals surface area contributed by atoms with Crippen molar-refractivity contribution in [3.8, 4) is 23.0 Å². The molecule has 1 saturated carbocycles. The number of ketones is 1. The molecule has 32 heavy (non-hydrogen) atoms. The van der Waals surface area contributed by atoms with Gasteiger partial charge in [-0.15, -0.1) is 0 Å². The van der Waals surface area contributed by atoms with Crippen LogP contribution in [0.1, 0.15) is 54.0 Å². The van der Waals surface area contributed by atoms with Crippen LogP contribution in [0.3, 0.4) is 0 Å². The quantitative estimate of drug-likeness (QED) is 0.705. The Morgan fingerprint density at radius 1 is 1.03 bits per heavy atom. The van der Waals surface area contributed by atoms with Crippen LogP contribution in [-0.2, 0) is 11.2 Å². The molecule has 166 valence electrons. The van der Waals surface area contributed by atoms with Crippen molar-refractivity contribution in [2.24, 2.45) is 5.92 Å². The zero-order chi connectivity index (χ0) is 21.8. The first kappa shape index (κ1) is 19.5. The summed E-state index contributed by atoms with van der Waals surface area (Å²) in [6.45, 7) is 1.10. The van der Waals surface area contributed by atoms with Crippen LogP contribution < -0.4 is 18.9 Å². The number of hydrogen-bond donors (Lipinski definition) is 0. The molecule has 2 aromatic rings. The fourth-order valence-corrected chi connectivity index (χ4v) is 5.86. The third-order valence-electron chi connectivity index (χ3n) is 7.33. The zero-order valence-electron chi connectivity index (χ0n) is 18.5. The Kier molecular flexibility index (Phi) is 4.56. The number of methoxy groups -OCH3 is 2. The van der Waals surface area contributed by atoms with Gasteiger partial charge >= 0.3 is 0 Å². The number of carbonyl (C=O) groups excluding carboxylic acids is 1. The summed E-state index contributed by atoms with van der Waals surface area (Å²) in [5.41, 5.74) is 5.72. The van der Waals surface area contributed by atoms with Crippen molar-refractivity contribution in [3.05, 3.63) is 46.5 Å². The van der Waals surface area contributed by atoms with Gasteiger partial charge in [-0.25, -0.2) is 0 Å². The van der Waals surface area contributed by atoms with Crippen molar-refractivity contribution < 1.29 is 23.7 Å². The zero-order valence-corrected chi connectivity index (χ0v) is 18.5. The number of fused-ring (bicyclic) bond motifs is 5. The van der Waals surface area contributed by atoms with Crippen molar-refractivity contribution in [3.63, 3.8) is 0 Å². The molecular formula is C26H27NO5. The van der Waals surface area contributed by atoms with Gasteiger partial charge in [-0.3, -0.25) is 4.79 Å². The smallest absolute Gasteiger partial charge is 0.231 e. The van der Waals surface area contributed by atoms with E-state index in [1.807, 2.05) is 6.07 Å². The highest BCUT2D eigenvalue weighted by Crippen LogP contribution is 2.53. The maximum Gasteiger partial charge on any atom is 0.231 e. The summed E-state index contributed by atoms with van der Waals surface area (Å²) < 4.78 is 22.8. The molecule has 6 rings (SSSR count). The highest BCUT2D eigenvalue weighted by Gasteiger charge is 2.43. The normalized spacial score (nSPS) is 23.1. The lowest BCUT2D eigenvalue weighted by Gasteiger charge is -2.46. The molecule has 2 atom stereocenters. The first-order valence-corrected chi connectivity index (χ1v) is 11.4. The molecule has 0 amide bonds. The number of hydrogen-bond acceptors (Lipinski definition) is 6. The third kappa shape index (κ3) is 2.81. The maximum absolute atomic E-state index is 13.2. The first-order chi connectivity index (χ1) is 15.7. The van der Waals surface area contributed by atoms with E-state index in [9.17, 15) is 4.79 Å². The monoisotopic (exact) mass is 433 g/mol. The minimum absolute atomic E-state index is 0.0530. The van der Waals surface area contributed by atoms with Gasteiger partial charge < -0.3 is 23.8 Å². The van der Waals surface area contributed by atoms with Crippen molar-refractivity contribution in [2.75, 3.05) is 27.6 Å². The van der Waals surface area contributed by atoms with Gasteiger partial charge in [0.1, 0.15) is 5.78 Å². The van der Waals surface area contributed by atoms with Crippen LogP contribution in [-0.4, -0.2) is 38.2 Å². The van der Waals surface area contributed by atoms with Gasteiger partial charge in [0.15, 0.2) is 23.0 Å². The Bertz CT molecular complexity index is 1140. The van der Waals surface area contributed by atoms with E-state index in [1.165, 1.54) is 5.56 Å². The standard InChI is InChI=1S/C26H27NO5/c1-29-21-8-7-16-11-19-18-13-23-22(31-14-32-23)12-15(18)9-10-27(19)25(24(16)26(21)30-2)17-5-3-4-6-20(17)28/h7-8,11-13,17,25H,3-6,9-10,14H2,1-2H3/t17-,25+/m1/s1. The molecule has 0 unspecified atom stereocenters. The molecule has 0 N–H and O–H groups in total. The van der Waals surface area contributed by atoms with Crippen molar-refractivity contribution in [1.82, 2.24) is 4.90 Å². The fraction of sp³-hybridized carbons (Fsp3) is 0.423. The summed E-state index contributed by atoms with van der Waals surface area (Å²) >= 11 is 0. The second-order valence-electron chi connectivity index (χ2n) is 8.90. The van der Waals surface area contributed by atoms with E-state index in [-0.39, 0.29) is 18.8 Å². The van der Waals surface area contributed by atoms with Crippen LogP contribution in [0.2, 0.25) is 0 Å². The predicted molar refractivity (Wildman–Crippen MR) is 120 cm³/mol. The van der Waals surface area contributed by atoms with E-state index >= 15 is 0 Å². The highest BCUT2D eigenvalue weighted by molar-refractivity contribution is 5.90. The SMILES string of the molecule is COc1ccc2c(c1OC)[C@H]([C@@H]1CCCCC1=O)N1CCc3cc4c(cc3C1=C2)OCO4. The lowest BCUT2D eigenvalue weighted by atomic mass is 9.75. The van der Waals surface area contributed by atoms with Crippen molar-refractivity contribution in [1.29, 1.82) is 0 Å². The van der Waals surface area contributed by atoms with E-state index in [2.05, 4.69) is 29.2 Å². The third-order valence-corrected chi connectivity index (χ3v) is 7.33. The van der Waals surface area contributed by atoms with Gasteiger partial charge in [0.2, 0.25) is 6.79 Å². The molecule has 2 aromatic carbocycles. The molecule has 3 aliphatic heterocycles. The van der Waals surface area contributed by atoms with E-state index < -0.39 is 0 Å². The molecule has 3 heterocycles. The minimum Gasteiger partial charge on any atom is -0.493 e. The molecule has 1 fully saturated rings. The van der Waals surface area contributed by atoms with Crippen LogP contribution in [0.15, 0.2) is 24.3 Å². The molecule has 0 radical (unpaired) electrons. The van der Waals surface area contributed by atoms with Gasteiger partial charge in [0, 0.05) is 35.7 Å². The largest absolute Gasteiger partial charge is 0.493 e. The topological polar surface area (TPSA) is 57.2 Å². The maximum atomic E-state index is 13.2. The Hall–Kier alpha value is -3.15. The molecule has 0 spiro atoms. The number of nitrogens with zero attached hydrogens (tertiary/aromatic N) is 1. The number of rotatable bonds is 3. The van der Waals surface area contributed by atoms with Crippen molar-refractivity contribution in [2.45, 2.75) is 38.1 Å². The van der Waals surface area contributed by atoms with E-state index in [0.717, 1.165) is 71.9 Å². The van der Waals surface area contributed by atoms with E-state index in [0.29, 0.717) is 18.0 Å². The van der Waals surface area contributed by atoms with Gasteiger partial charge in [0.25, 0.3) is 0 Å². The van der Waals surface area contributed by atoms with Gasteiger partial charge in [0.05, 0.1) is 20.3 Å². The summed E-state index contributed by atoms with van der Waals surface area (Å²) in [6, 6.07) is 8.18. The molecule has 4 aliphatic rings. The second kappa shape index (κ2) is 7.47. The molecular weight excluding hydrogens is 406 g/mol. The van der Waals surface area contributed by atoms with Crippen LogP contribution in [0.4, 0.5) is 0 Å². The molecule has 6 nitrogen and oxygen atoms in total. The minimum atomic E-state index is -0.0681. The Morgan fingerprint density at radius 2 is 1.88 bits per heavy atom. The Morgan fingerprint density at radius 3 is 2.66 bits per heavy atom. The van der Waals surface area contributed by atoms with E-state index in [4.69, 9.17) is 18.9 Å². The molecule has 1 aliphatic carbocycles. The summed E-state index contributed by atoms with van der Waals surface area (Å²) in [5, 5.41) is 0. The van der Waals surface area contributed by atoms with Gasteiger partial charge in [-0.05, 0) is 54.7 Å². The second-order valence-corrected chi connectivity index (χ2v) is 8.90. The van der Waals surface area contributed by atoms with Gasteiger partial charge in [-0.2, -0.15) is 0 Å². The predicted octanol–water partition coefficient (Wildman–Crippen LogP) is 4.60. The number of carbonyl (C=O) groups is 1. The lowest BCUT2D eigenvalue weighted by Crippen LogP contribution is -2.42. The Balaban J connectivity index is 1.57. The molecule has 6 heteroatoms. The summed E-state index contributed by atoms with van der Waals surface area (Å²) in [7, 11) is 3.35.